The summed E-state index contributed by atoms with van der Waals surface area (Å²) in [6.07, 6.45) is 13.1. The molecule has 0 heterocycles. The van der Waals surface area contributed by atoms with E-state index in [-0.39, 0.29) is 0 Å². The minimum Gasteiger partial charge on any atom is -0.0955 e. The Labute approximate surface area is 98.0 Å². The molecule has 0 heteroatoms. The second-order valence-corrected chi connectivity index (χ2v) is 4.28. The van der Waals surface area contributed by atoms with Crippen LogP contribution in [0, 0.1) is 0 Å². The fourth-order valence-corrected chi connectivity index (χ4v) is 2.05. The van der Waals surface area contributed by atoms with Crippen molar-refractivity contribution in [2.75, 3.05) is 0 Å². The van der Waals surface area contributed by atoms with E-state index in [9.17, 15) is 0 Å². The molecule has 0 unspecified atom stereocenters. The lowest BCUT2D eigenvalue weighted by Gasteiger charge is -2.08. The predicted molar refractivity (Wildman–Crippen MR) is 70.5 cm³/mol. The summed E-state index contributed by atoms with van der Waals surface area (Å²) in [5.41, 5.74) is 4.09. The van der Waals surface area contributed by atoms with E-state index < -0.39 is 0 Å². The van der Waals surface area contributed by atoms with E-state index in [1.807, 2.05) is 0 Å². The molecule has 0 bridgehead atoms. The quantitative estimate of drug-likeness (QED) is 0.601. The summed E-state index contributed by atoms with van der Waals surface area (Å²) >= 11 is 0. The number of aryl methyl sites for hydroxylation is 1. The molecule has 1 aromatic carbocycles. The van der Waals surface area contributed by atoms with Crippen LogP contribution in [0.4, 0.5) is 0 Å². The summed E-state index contributed by atoms with van der Waals surface area (Å²) in [6.45, 7) is 4.10. The highest BCUT2D eigenvalue weighted by atomic mass is 14.1. The van der Waals surface area contributed by atoms with Crippen molar-refractivity contribution in [1.29, 1.82) is 0 Å². The minimum atomic E-state index is 0.973. The Morgan fingerprint density at radius 2 is 1.81 bits per heavy atom. The van der Waals surface area contributed by atoms with Crippen molar-refractivity contribution in [3.63, 3.8) is 0 Å². The van der Waals surface area contributed by atoms with Crippen molar-refractivity contribution in [1.82, 2.24) is 0 Å². The van der Waals surface area contributed by atoms with Crippen LogP contribution in [0.15, 0.2) is 60.7 Å². The van der Waals surface area contributed by atoms with Crippen LogP contribution in [0.2, 0.25) is 0 Å². The lowest BCUT2D eigenvalue weighted by atomic mass is 9.97. The molecule has 0 nitrogen and oxygen atoms in total. The maximum atomic E-state index is 4.10. The van der Waals surface area contributed by atoms with Crippen LogP contribution in [0.5, 0.6) is 0 Å². The molecule has 0 saturated carbocycles. The molecule has 1 aromatic rings. The van der Waals surface area contributed by atoms with Crippen LogP contribution < -0.4 is 0 Å². The molecule has 0 atom stereocenters. The molecule has 82 valence electrons. The van der Waals surface area contributed by atoms with E-state index in [2.05, 4.69) is 55.1 Å². The Morgan fingerprint density at radius 3 is 2.69 bits per heavy atom. The molecule has 1 aliphatic rings. The van der Waals surface area contributed by atoms with Crippen molar-refractivity contribution in [3.05, 3.63) is 71.8 Å². The second-order valence-electron chi connectivity index (χ2n) is 4.28. The maximum absolute atomic E-state index is 4.10. The Balaban J connectivity index is 2.26. The van der Waals surface area contributed by atoms with E-state index in [0.717, 1.165) is 12.8 Å². The fourth-order valence-electron chi connectivity index (χ4n) is 2.05. The van der Waals surface area contributed by atoms with Gasteiger partial charge in [-0.3, -0.25) is 0 Å². The van der Waals surface area contributed by atoms with E-state index in [1.54, 1.807) is 0 Å². The summed E-state index contributed by atoms with van der Waals surface area (Å²) in [6, 6.07) is 8.72. The monoisotopic (exact) mass is 210 g/mol. The summed E-state index contributed by atoms with van der Waals surface area (Å²) in [5.74, 6) is 0. The summed E-state index contributed by atoms with van der Waals surface area (Å²) in [7, 11) is 0. The average molecular weight is 210 g/mol. The van der Waals surface area contributed by atoms with Crippen molar-refractivity contribution in [2.45, 2.75) is 25.7 Å². The third-order valence-corrected chi connectivity index (χ3v) is 2.93. The summed E-state index contributed by atoms with van der Waals surface area (Å²) in [5, 5.41) is 0. The van der Waals surface area contributed by atoms with Gasteiger partial charge < -0.3 is 0 Å². The van der Waals surface area contributed by atoms with Crippen LogP contribution in [-0.2, 0) is 12.8 Å². The zero-order valence-electron chi connectivity index (χ0n) is 9.65. The van der Waals surface area contributed by atoms with Gasteiger partial charge in [0.05, 0.1) is 0 Å². The number of fused-ring (bicyclic) bond motifs is 1. The van der Waals surface area contributed by atoms with Crippen LogP contribution >= 0.6 is 0 Å². The third kappa shape index (κ3) is 2.96. The molecule has 0 aromatic heterocycles. The van der Waals surface area contributed by atoms with E-state index >= 15 is 0 Å². The first-order valence-electron chi connectivity index (χ1n) is 5.94. The van der Waals surface area contributed by atoms with Gasteiger partial charge in [-0.25, -0.2) is 0 Å². The predicted octanol–water partition coefficient (Wildman–Crippen LogP) is 4.23. The van der Waals surface area contributed by atoms with Crippen molar-refractivity contribution in [2.24, 2.45) is 0 Å². The van der Waals surface area contributed by atoms with Gasteiger partial charge >= 0.3 is 0 Å². The van der Waals surface area contributed by atoms with E-state index in [4.69, 9.17) is 0 Å². The first kappa shape index (κ1) is 10.9. The molecule has 2 rings (SSSR count). The highest BCUT2D eigenvalue weighted by Gasteiger charge is 2.02. The van der Waals surface area contributed by atoms with E-state index in [0.29, 0.717) is 0 Å². The SMILES string of the molecule is C=C1/C=C\C=C/CCCc2ccccc2C1. The Bertz CT molecular complexity index is 421. The zero-order valence-corrected chi connectivity index (χ0v) is 9.65. The van der Waals surface area contributed by atoms with Gasteiger partial charge in [-0.05, 0) is 36.8 Å². The van der Waals surface area contributed by atoms with Crippen LogP contribution in [0.25, 0.3) is 0 Å². The Kier molecular flexibility index (Phi) is 3.76. The van der Waals surface area contributed by atoms with Crippen molar-refractivity contribution in [3.8, 4) is 0 Å². The first-order valence-corrected chi connectivity index (χ1v) is 5.94. The average Bonchev–Trinajstić information content (AvgIpc) is 2.33. The number of allylic oxidation sites excluding steroid dienone is 5. The third-order valence-electron chi connectivity index (χ3n) is 2.93. The topological polar surface area (TPSA) is 0 Å². The van der Waals surface area contributed by atoms with Gasteiger partial charge in [-0.15, -0.1) is 0 Å². The molecule has 0 N–H and O–H groups in total. The van der Waals surface area contributed by atoms with Gasteiger partial charge in [-0.2, -0.15) is 0 Å². The number of rotatable bonds is 0. The van der Waals surface area contributed by atoms with Gasteiger partial charge in [0, 0.05) is 0 Å². The van der Waals surface area contributed by atoms with Crippen molar-refractivity contribution >= 4 is 0 Å². The highest BCUT2D eigenvalue weighted by Crippen LogP contribution is 2.17. The molecule has 16 heavy (non-hydrogen) atoms. The molecule has 0 radical (unpaired) electrons. The zero-order chi connectivity index (χ0) is 11.2. The van der Waals surface area contributed by atoms with Crippen molar-refractivity contribution < 1.29 is 0 Å². The Hall–Kier alpha value is -1.56. The van der Waals surface area contributed by atoms with Gasteiger partial charge in [0.1, 0.15) is 0 Å². The number of hydrogen-bond acceptors (Lipinski definition) is 0. The molecular weight excluding hydrogens is 192 g/mol. The maximum Gasteiger partial charge on any atom is -0.00289 e. The van der Waals surface area contributed by atoms with E-state index in [1.165, 1.54) is 29.5 Å². The number of benzene rings is 1. The summed E-state index contributed by atoms with van der Waals surface area (Å²) in [4.78, 5) is 0. The molecule has 0 aliphatic heterocycles. The molecule has 0 amide bonds. The van der Waals surface area contributed by atoms with Gasteiger partial charge in [-0.1, -0.05) is 60.7 Å². The molecular formula is C16H18. The van der Waals surface area contributed by atoms with Crippen LogP contribution in [0.3, 0.4) is 0 Å². The standard InChI is InChI=1S/C16H18/c1-14-9-5-3-2-4-6-10-15-11-7-8-12-16(15)13-14/h2-3,5,7-9,11-12H,1,4,6,10,13H2/b3-2-,9-5-. The number of hydrogen-bond donors (Lipinski definition) is 0. The van der Waals surface area contributed by atoms with Crippen LogP contribution in [-0.4, -0.2) is 0 Å². The fraction of sp³-hybridized carbons (Fsp3) is 0.250. The largest absolute Gasteiger partial charge is 0.0955 e. The lowest BCUT2D eigenvalue weighted by molar-refractivity contribution is 0.834. The molecule has 0 fully saturated rings. The normalized spacial score (nSPS) is 20.6. The van der Waals surface area contributed by atoms with Gasteiger partial charge in [0.2, 0.25) is 0 Å². The summed E-state index contributed by atoms with van der Waals surface area (Å²) < 4.78 is 0. The second kappa shape index (κ2) is 5.50. The van der Waals surface area contributed by atoms with Crippen LogP contribution in [0.1, 0.15) is 24.0 Å². The van der Waals surface area contributed by atoms with Gasteiger partial charge in [0.15, 0.2) is 0 Å². The van der Waals surface area contributed by atoms with Gasteiger partial charge in [0.25, 0.3) is 0 Å². The first-order chi connectivity index (χ1) is 7.86. The minimum absolute atomic E-state index is 0.973. The molecule has 0 spiro atoms. The highest BCUT2D eigenvalue weighted by molar-refractivity contribution is 5.34. The Morgan fingerprint density at radius 1 is 1.00 bits per heavy atom. The molecule has 0 saturated heterocycles. The smallest absolute Gasteiger partial charge is 0.00289 e. The lowest BCUT2D eigenvalue weighted by Crippen LogP contribution is -1.95. The molecule has 1 aliphatic carbocycles.